The monoisotopic (exact) mass is 246 g/mol. The van der Waals surface area contributed by atoms with E-state index >= 15 is 0 Å². The number of carbonyl (C=O) groups is 1. The maximum Gasteiger partial charge on any atom is 0.370 e. The molecular formula is C8H11BrN2O2. The zero-order chi connectivity index (χ0) is 10.1. The first kappa shape index (κ1) is 10.2. The fourth-order valence-electron chi connectivity index (χ4n) is 0.835. The second kappa shape index (κ2) is 3.49. The Kier molecular flexibility index (Phi) is 2.75. The molecule has 0 aliphatic carbocycles. The van der Waals surface area contributed by atoms with Crippen LogP contribution < -0.4 is 0 Å². The topological polar surface area (TPSA) is 44.1 Å². The van der Waals surface area contributed by atoms with Crippen LogP contribution in [0.3, 0.4) is 0 Å². The number of hydrogen-bond acceptors (Lipinski definition) is 3. The molecule has 0 radical (unpaired) electrons. The summed E-state index contributed by atoms with van der Waals surface area (Å²) in [6.07, 6.45) is 3.27. The summed E-state index contributed by atoms with van der Waals surface area (Å²) in [6.45, 7) is 6.08. The van der Waals surface area contributed by atoms with Crippen LogP contribution in [0.15, 0.2) is 12.5 Å². The predicted octanol–water partition coefficient (Wildman–Crippen LogP) is 2.10. The van der Waals surface area contributed by atoms with Crippen LogP contribution in [0.1, 0.15) is 31.3 Å². The third kappa shape index (κ3) is 2.30. The lowest BCUT2D eigenvalue weighted by molar-refractivity contribution is 0.0776. The van der Waals surface area contributed by atoms with Gasteiger partial charge in [-0.3, -0.25) is 0 Å². The van der Waals surface area contributed by atoms with Crippen molar-refractivity contribution in [2.24, 2.45) is 0 Å². The van der Waals surface area contributed by atoms with Crippen LogP contribution in [0.4, 0.5) is 0 Å². The van der Waals surface area contributed by atoms with Crippen LogP contribution in [-0.4, -0.2) is 15.5 Å². The van der Waals surface area contributed by atoms with Gasteiger partial charge in [0, 0.05) is 11.7 Å². The molecule has 0 spiro atoms. The number of imidazole rings is 1. The van der Waals surface area contributed by atoms with Gasteiger partial charge in [0.1, 0.15) is 0 Å². The van der Waals surface area contributed by atoms with Crippen molar-refractivity contribution >= 4 is 22.2 Å². The highest BCUT2D eigenvalue weighted by Gasteiger charge is 2.16. The number of hydrogen-bond donors (Lipinski definition) is 0. The number of aromatic nitrogens is 2. The second-order valence-corrected chi connectivity index (χ2v) is 4.03. The molecule has 1 heterocycles. The van der Waals surface area contributed by atoms with Gasteiger partial charge in [-0.25, -0.2) is 9.78 Å². The molecular weight excluding hydrogens is 236 g/mol. The lowest BCUT2D eigenvalue weighted by Crippen LogP contribution is -2.19. The summed E-state index contributed by atoms with van der Waals surface area (Å²) in [5.41, 5.74) is 0.226. The van der Waals surface area contributed by atoms with Gasteiger partial charge in [-0.05, 0) is 20.8 Å². The van der Waals surface area contributed by atoms with Gasteiger partial charge in [0.15, 0.2) is 22.0 Å². The fourth-order valence-corrected chi connectivity index (χ4v) is 1.00. The summed E-state index contributed by atoms with van der Waals surface area (Å²) in [6, 6.07) is 0. The fraction of sp³-hybridized carbons (Fsp3) is 0.500. The molecule has 5 heteroatoms. The molecule has 0 N–H and O–H groups in total. The molecule has 1 rings (SSSR count). The van der Waals surface area contributed by atoms with Crippen molar-refractivity contribution in [3.63, 3.8) is 0 Å². The van der Waals surface area contributed by atoms with Crippen molar-refractivity contribution in [2.45, 2.75) is 26.3 Å². The molecule has 0 aromatic carbocycles. The summed E-state index contributed by atoms with van der Waals surface area (Å²) in [7, 11) is 0. The minimum atomic E-state index is -0.483. The Morgan fingerprint density at radius 1 is 1.62 bits per heavy atom. The van der Waals surface area contributed by atoms with E-state index in [1.54, 1.807) is 12.5 Å². The van der Waals surface area contributed by atoms with Gasteiger partial charge in [0.05, 0.1) is 6.33 Å². The van der Waals surface area contributed by atoms with Crippen LogP contribution in [0.5, 0.6) is 0 Å². The zero-order valence-corrected chi connectivity index (χ0v) is 9.33. The molecule has 0 bridgehead atoms. The maximum absolute atomic E-state index is 11.0. The van der Waals surface area contributed by atoms with Crippen molar-refractivity contribution in [2.75, 3.05) is 0 Å². The van der Waals surface area contributed by atoms with E-state index in [1.165, 1.54) is 0 Å². The molecule has 0 saturated carbocycles. The van der Waals surface area contributed by atoms with Crippen LogP contribution in [-0.2, 0) is 9.37 Å². The van der Waals surface area contributed by atoms with Gasteiger partial charge in [-0.15, -0.1) is 0 Å². The van der Waals surface area contributed by atoms with Crippen LogP contribution in [0.25, 0.3) is 0 Å². The van der Waals surface area contributed by atoms with Crippen molar-refractivity contribution in [1.29, 1.82) is 0 Å². The van der Waals surface area contributed by atoms with Crippen LogP contribution in [0.2, 0.25) is 0 Å². The average Bonchev–Trinajstić information content (AvgIpc) is 2.50. The zero-order valence-electron chi connectivity index (χ0n) is 7.74. The normalized spacial score (nSPS) is 11.4. The van der Waals surface area contributed by atoms with E-state index in [0.717, 1.165) is 0 Å². The van der Waals surface area contributed by atoms with E-state index in [9.17, 15) is 4.79 Å². The largest absolute Gasteiger partial charge is 0.379 e. The highest BCUT2D eigenvalue weighted by atomic mass is 79.9. The van der Waals surface area contributed by atoms with Crippen molar-refractivity contribution in [3.05, 3.63) is 18.2 Å². The first-order valence-electron chi connectivity index (χ1n) is 3.82. The maximum atomic E-state index is 11.0. The van der Waals surface area contributed by atoms with Gasteiger partial charge in [-0.1, -0.05) is 0 Å². The Hall–Kier alpha value is -0.840. The molecule has 0 aliphatic rings. The molecule has 0 unspecified atom stereocenters. The first-order valence-corrected chi connectivity index (χ1v) is 4.47. The molecule has 0 fully saturated rings. The van der Waals surface area contributed by atoms with Gasteiger partial charge >= 0.3 is 5.97 Å². The number of nitrogens with zero attached hydrogens (tertiary/aromatic N) is 2. The minimum Gasteiger partial charge on any atom is -0.379 e. The quantitative estimate of drug-likeness (QED) is 0.763. The summed E-state index contributed by atoms with van der Waals surface area (Å²) in [5, 5.41) is 0. The number of halogens is 1. The van der Waals surface area contributed by atoms with E-state index < -0.39 is 5.97 Å². The first-order chi connectivity index (χ1) is 5.95. The Labute approximate surface area is 85.4 Å². The molecule has 72 valence electrons. The van der Waals surface area contributed by atoms with E-state index in [0.29, 0.717) is 5.69 Å². The van der Waals surface area contributed by atoms with Gasteiger partial charge in [0.2, 0.25) is 0 Å². The highest BCUT2D eigenvalue weighted by Crippen LogP contribution is 2.14. The Bertz CT molecular complexity index is 314. The molecule has 0 amide bonds. The van der Waals surface area contributed by atoms with Gasteiger partial charge < -0.3 is 8.40 Å². The predicted molar refractivity (Wildman–Crippen MR) is 51.6 cm³/mol. The smallest absolute Gasteiger partial charge is 0.370 e. The number of rotatable bonds is 1. The van der Waals surface area contributed by atoms with E-state index in [2.05, 4.69) is 25.1 Å². The second-order valence-electron chi connectivity index (χ2n) is 3.70. The highest BCUT2D eigenvalue weighted by molar-refractivity contribution is 9.06. The Morgan fingerprint density at radius 3 is 2.62 bits per heavy atom. The molecule has 1 aromatic heterocycles. The van der Waals surface area contributed by atoms with Crippen molar-refractivity contribution in [1.82, 2.24) is 9.55 Å². The standard InChI is InChI=1S/C8H11BrN2O2/c1-8(2,3)11-4-6(10-5-11)7(12)13-9/h4-5H,1-3H3. The van der Waals surface area contributed by atoms with Crippen LogP contribution in [0, 0.1) is 0 Å². The third-order valence-corrected chi connectivity index (χ3v) is 1.93. The minimum absolute atomic E-state index is 0.0716. The van der Waals surface area contributed by atoms with E-state index in [1.807, 2.05) is 25.3 Å². The average molecular weight is 247 g/mol. The summed E-state index contributed by atoms with van der Waals surface area (Å²) >= 11 is 2.61. The summed E-state index contributed by atoms with van der Waals surface area (Å²) < 4.78 is 6.21. The lowest BCUT2D eigenvalue weighted by atomic mass is 10.1. The molecule has 0 atom stereocenters. The van der Waals surface area contributed by atoms with Crippen molar-refractivity contribution < 1.29 is 8.62 Å². The molecule has 0 aliphatic heterocycles. The summed E-state index contributed by atoms with van der Waals surface area (Å²) in [5.74, 6) is -0.483. The molecule has 4 nitrogen and oxygen atoms in total. The molecule has 0 saturated heterocycles. The van der Waals surface area contributed by atoms with Gasteiger partial charge in [-0.2, -0.15) is 0 Å². The van der Waals surface area contributed by atoms with E-state index in [-0.39, 0.29) is 5.54 Å². The van der Waals surface area contributed by atoms with E-state index in [4.69, 9.17) is 0 Å². The molecule has 1 aromatic rings. The lowest BCUT2D eigenvalue weighted by Gasteiger charge is -2.19. The van der Waals surface area contributed by atoms with Crippen LogP contribution >= 0.6 is 16.3 Å². The number of carbonyl (C=O) groups excluding carboxylic acids is 1. The SMILES string of the molecule is CC(C)(C)n1cnc(C(=O)OBr)c1. The summed E-state index contributed by atoms with van der Waals surface area (Å²) in [4.78, 5) is 14.9. The Morgan fingerprint density at radius 2 is 2.23 bits per heavy atom. The third-order valence-electron chi connectivity index (χ3n) is 1.64. The Balaban J connectivity index is 2.93. The van der Waals surface area contributed by atoms with Gasteiger partial charge in [0.25, 0.3) is 0 Å². The molecule has 13 heavy (non-hydrogen) atoms. The van der Waals surface area contributed by atoms with Crippen molar-refractivity contribution in [3.8, 4) is 0 Å².